The summed E-state index contributed by atoms with van der Waals surface area (Å²) in [6, 6.07) is 13.4. The van der Waals surface area contributed by atoms with Crippen LogP contribution in [0.2, 0.25) is 0 Å². The number of hydrogen-bond donors (Lipinski definition) is 2. The van der Waals surface area contributed by atoms with Gasteiger partial charge in [-0.3, -0.25) is 9.59 Å². The van der Waals surface area contributed by atoms with Crippen LogP contribution in [0.15, 0.2) is 47.8 Å². The highest BCUT2D eigenvalue weighted by atomic mass is 32.1. The van der Waals surface area contributed by atoms with E-state index < -0.39 is 0 Å². The predicted molar refractivity (Wildman–Crippen MR) is 98.2 cm³/mol. The first-order valence-corrected chi connectivity index (χ1v) is 9.22. The van der Waals surface area contributed by atoms with Gasteiger partial charge in [-0.05, 0) is 30.0 Å². The molecule has 132 valence electrons. The van der Waals surface area contributed by atoms with E-state index in [0.29, 0.717) is 25.2 Å². The fraction of sp³-hybridized carbons (Fsp3) is 0.222. The summed E-state index contributed by atoms with van der Waals surface area (Å²) in [5.41, 5.74) is 0.840. The number of amides is 2. The summed E-state index contributed by atoms with van der Waals surface area (Å²) in [5.74, 6) is 0.433. The Bertz CT molecular complexity index is 910. The molecule has 3 heterocycles. The van der Waals surface area contributed by atoms with Gasteiger partial charge in [-0.25, -0.2) is 9.67 Å². The Morgan fingerprint density at radius 1 is 1.23 bits per heavy atom. The van der Waals surface area contributed by atoms with Crippen LogP contribution in [0.4, 0.5) is 0 Å². The van der Waals surface area contributed by atoms with Gasteiger partial charge in [0.05, 0.1) is 10.6 Å². The van der Waals surface area contributed by atoms with Crippen LogP contribution in [0.25, 0.3) is 16.4 Å². The molecule has 2 N–H and O–H groups in total. The number of carbonyl (C=O) groups is 2. The molecule has 0 bridgehead atoms. The van der Waals surface area contributed by atoms with Crippen molar-refractivity contribution in [2.75, 3.05) is 6.54 Å². The lowest BCUT2D eigenvalue weighted by Crippen LogP contribution is -2.47. The van der Waals surface area contributed by atoms with Crippen molar-refractivity contribution in [3.05, 3.63) is 53.7 Å². The highest BCUT2D eigenvalue weighted by Crippen LogP contribution is 2.25. The van der Waals surface area contributed by atoms with Gasteiger partial charge in [-0.2, -0.15) is 0 Å². The quantitative estimate of drug-likeness (QED) is 0.738. The van der Waals surface area contributed by atoms with Gasteiger partial charge in [0.15, 0.2) is 5.82 Å². The molecule has 1 saturated heterocycles. The molecule has 3 aromatic rings. The van der Waals surface area contributed by atoms with Crippen LogP contribution < -0.4 is 10.6 Å². The molecule has 1 aliphatic heterocycles. The highest BCUT2D eigenvalue weighted by molar-refractivity contribution is 7.13. The molecule has 1 aromatic carbocycles. The summed E-state index contributed by atoms with van der Waals surface area (Å²) in [4.78, 5) is 29.3. The lowest BCUT2D eigenvalue weighted by molar-refractivity contribution is -0.122. The zero-order valence-corrected chi connectivity index (χ0v) is 14.7. The van der Waals surface area contributed by atoms with Crippen molar-refractivity contribution in [3.8, 4) is 16.4 Å². The van der Waals surface area contributed by atoms with E-state index in [0.717, 1.165) is 10.6 Å². The van der Waals surface area contributed by atoms with E-state index in [9.17, 15) is 9.59 Å². The molecule has 2 aromatic heterocycles. The smallest absolute Gasteiger partial charge is 0.291 e. The SMILES string of the molecule is O=C1CCC(NC(=O)c2nc(-c3cccs3)n(-c3ccccc3)n2)CN1. The maximum atomic E-state index is 12.6. The standard InChI is InChI=1S/C18H17N5O2S/c24-15-9-8-12(11-19-15)20-18(25)16-21-17(14-7-4-10-26-14)23(22-16)13-5-2-1-3-6-13/h1-7,10,12H,8-9,11H2,(H,19,24)(H,20,25). The van der Waals surface area contributed by atoms with Crippen LogP contribution in [0, 0.1) is 0 Å². The lowest BCUT2D eigenvalue weighted by atomic mass is 10.1. The van der Waals surface area contributed by atoms with Crippen LogP contribution in [0.3, 0.4) is 0 Å². The molecule has 8 heteroatoms. The average Bonchev–Trinajstić information content (AvgIpc) is 3.34. The summed E-state index contributed by atoms with van der Waals surface area (Å²) in [6.45, 7) is 0.432. The minimum absolute atomic E-state index is 0.0157. The molecule has 0 aliphatic carbocycles. The minimum Gasteiger partial charge on any atom is -0.354 e. The second-order valence-corrected chi connectivity index (χ2v) is 6.94. The molecule has 1 unspecified atom stereocenters. The van der Waals surface area contributed by atoms with Crippen LogP contribution in [0.1, 0.15) is 23.5 Å². The zero-order chi connectivity index (χ0) is 17.9. The molecule has 2 amide bonds. The topological polar surface area (TPSA) is 88.9 Å². The first-order valence-electron chi connectivity index (χ1n) is 8.34. The van der Waals surface area contributed by atoms with Crippen molar-refractivity contribution in [1.82, 2.24) is 25.4 Å². The van der Waals surface area contributed by atoms with Crippen molar-refractivity contribution in [3.63, 3.8) is 0 Å². The second-order valence-electron chi connectivity index (χ2n) is 6.00. The summed E-state index contributed by atoms with van der Waals surface area (Å²) >= 11 is 1.54. The normalized spacial score (nSPS) is 16.9. The van der Waals surface area contributed by atoms with Gasteiger partial charge < -0.3 is 10.6 Å². The molecular weight excluding hydrogens is 350 g/mol. The van der Waals surface area contributed by atoms with Gasteiger partial charge in [0.25, 0.3) is 5.91 Å². The number of hydrogen-bond acceptors (Lipinski definition) is 5. The summed E-state index contributed by atoms with van der Waals surface area (Å²) in [5, 5.41) is 12.1. The second kappa shape index (κ2) is 7.09. The number of carbonyl (C=O) groups excluding carboxylic acids is 2. The number of aromatic nitrogens is 3. The molecule has 4 rings (SSSR count). The first kappa shape index (κ1) is 16.5. The van der Waals surface area contributed by atoms with Gasteiger partial charge >= 0.3 is 0 Å². The Morgan fingerprint density at radius 3 is 2.77 bits per heavy atom. The predicted octanol–water partition coefficient (Wildman–Crippen LogP) is 2.00. The molecule has 0 radical (unpaired) electrons. The van der Waals surface area contributed by atoms with Crippen molar-refractivity contribution in [2.45, 2.75) is 18.9 Å². The average molecular weight is 367 g/mol. The third kappa shape index (κ3) is 3.36. The van der Waals surface area contributed by atoms with Crippen molar-refractivity contribution >= 4 is 23.2 Å². The number of piperidine rings is 1. The molecule has 1 aliphatic rings. The van der Waals surface area contributed by atoms with Crippen LogP contribution >= 0.6 is 11.3 Å². The number of nitrogens with one attached hydrogen (secondary N) is 2. The van der Waals surface area contributed by atoms with E-state index in [4.69, 9.17) is 0 Å². The fourth-order valence-corrected chi connectivity index (χ4v) is 3.53. The third-order valence-electron chi connectivity index (χ3n) is 4.15. The van der Waals surface area contributed by atoms with Gasteiger partial charge in [0.2, 0.25) is 11.7 Å². The van der Waals surface area contributed by atoms with Crippen LogP contribution in [-0.4, -0.2) is 39.2 Å². The van der Waals surface area contributed by atoms with Crippen LogP contribution in [0.5, 0.6) is 0 Å². The summed E-state index contributed by atoms with van der Waals surface area (Å²) < 4.78 is 1.68. The Kier molecular flexibility index (Phi) is 4.49. The molecule has 26 heavy (non-hydrogen) atoms. The molecule has 7 nitrogen and oxygen atoms in total. The largest absolute Gasteiger partial charge is 0.354 e. The Labute approximate surface area is 154 Å². The summed E-state index contributed by atoms with van der Waals surface area (Å²) in [7, 11) is 0. The van der Waals surface area contributed by atoms with Gasteiger partial charge in [0.1, 0.15) is 0 Å². The number of rotatable bonds is 4. The Balaban J connectivity index is 1.63. The molecule has 0 saturated carbocycles. The van der Waals surface area contributed by atoms with E-state index in [-0.39, 0.29) is 23.7 Å². The van der Waals surface area contributed by atoms with E-state index in [1.165, 1.54) is 0 Å². The maximum Gasteiger partial charge on any atom is 0.291 e. The summed E-state index contributed by atoms with van der Waals surface area (Å²) in [6.07, 6.45) is 1.03. The lowest BCUT2D eigenvalue weighted by Gasteiger charge is -2.22. The third-order valence-corrected chi connectivity index (χ3v) is 5.02. The minimum atomic E-state index is -0.335. The number of thiophene rings is 1. The number of para-hydroxylation sites is 1. The van der Waals surface area contributed by atoms with Crippen molar-refractivity contribution in [1.29, 1.82) is 0 Å². The first-order chi connectivity index (χ1) is 12.7. The van der Waals surface area contributed by atoms with E-state index in [1.807, 2.05) is 47.8 Å². The maximum absolute atomic E-state index is 12.6. The van der Waals surface area contributed by atoms with Crippen molar-refractivity contribution < 1.29 is 9.59 Å². The van der Waals surface area contributed by atoms with E-state index in [1.54, 1.807) is 16.0 Å². The molecule has 1 atom stereocenters. The Morgan fingerprint density at radius 2 is 2.08 bits per heavy atom. The number of benzene rings is 1. The van der Waals surface area contributed by atoms with Gasteiger partial charge in [0, 0.05) is 19.0 Å². The van der Waals surface area contributed by atoms with Crippen LogP contribution in [-0.2, 0) is 4.79 Å². The fourth-order valence-electron chi connectivity index (χ4n) is 2.83. The molecular formula is C18H17N5O2S. The molecule has 1 fully saturated rings. The van der Waals surface area contributed by atoms with Gasteiger partial charge in [-0.15, -0.1) is 16.4 Å². The monoisotopic (exact) mass is 367 g/mol. The van der Waals surface area contributed by atoms with Crippen molar-refractivity contribution in [2.24, 2.45) is 0 Å². The van der Waals surface area contributed by atoms with E-state index in [2.05, 4.69) is 20.7 Å². The zero-order valence-electron chi connectivity index (χ0n) is 13.9. The Hall–Kier alpha value is -3.00. The number of nitrogens with zero attached hydrogens (tertiary/aromatic N) is 3. The molecule has 0 spiro atoms. The highest BCUT2D eigenvalue weighted by Gasteiger charge is 2.24. The van der Waals surface area contributed by atoms with Gasteiger partial charge in [-0.1, -0.05) is 24.3 Å². The van der Waals surface area contributed by atoms with E-state index >= 15 is 0 Å².